The van der Waals surface area contributed by atoms with Crippen LogP contribution >= 0.6 is 0 Å². The molecule has 7 nitrogen and oxygen atoms in total. The molecule has 0 saturated heterocycles. The second-order valence-electron chi connectivity index (χ2n) is 25.7. The number of para-hydroxylation sites is 2. The van der Waals surface area contributed by atoms with E-state index in [1.165, 1.54) is 0 Å². The minimum Gasteiger partial charge on any atom is -0.308 e. The highest BCUT2D eigenvalue weighted by Gasteiger charge is 2.34. The first-order chi connectivity index (χ1) is 50.1. The van der Waals surface area contributed by atoms with E-state index >= 15 is 0 Å². The van der Waals surface area contributed by atoms with E-state index < -0.39 is 0 Å². The number of benzene rings is 15. The largest absolute Gasteiger partial charge is 0.308 e. The average molecular weight is 1290 g/mol. The Bertz CT molecular complexity index is 6150. The lowest BCUT2D eigenvalue weighted by Crippen LogP contribution is -2.14. The number of hydrogen-bond donors (Lipinski definition) is 0. The van der Waals surface area contributed by atoms with Crippen LogP contribution in [0.2, 0.25) is 0 Å². The smallest absolute Gasteiger partial charge is 0.164 e. The molecule has 0 radical (unpaired) electrons. The lowest BCUT2D eigenvalue weighted by molar-refractivity contribution is 1.07. The van der Waals surface area contributed by atoms with Gasteiger partial charge < -0.3 is 13.7 Å². The van der Waals surface area contributed by atoms with E-state index in [0.29, 0.717) is 23.0 Å². The Balaban J connectivity index is 1.01. The summed E-state index contributed by atoms with van der Waals surface area (Å²) in [4.78, 5) is 15.5. The van der Waals surface area contributed by atoms with Gasteiger partial charge in [-0.1, -0.05) is 297 Å². The molecule has 19 rings (SSSR count). The van der Waals surface area contributed by atoms with Crippen LogP contribution < -0.4 is 0 Å². The van der Waals surface area contributed by atoms with Crippen molar-refractivity contribution in [2.45, 2.75) is 0 Å². The maximum absolute atomic E-state index is 13.2. The summed E-state index contributed by atoms with van der Waals surface area (Å²) >= 11 is 0. The van der Waals surface area contributed by atoms with Crippen molar-refractivity contribution in [2.24, 2.45) is 0 Å². The van der Waals surface area contributed by atoms with Crippen molar-refractivity contribution in [2.75, 3.05) is 0 Å². The van der Waals surface area contributed by atoms with Crippen molar-refractivity contribution < 1.29 is 0 Å². The van der Waals surface area contributed by atoms with Crippen LogP contribution in [-0.4, -0.2) is 28.7 Å². The van der Waals surface area contributed by atoms with E-state index in [2.05, 4.69) is 317 Å². The van der Waals surface area contributed by atoms with Crippen molar-refractivity contribution in [1.82, 2.24) is 28.7 Å². The molecule has 0 aliphatic rings. The number of aromatic nitrogens is 6. The van der Waals surface area contributed by atoms with E-state index in [9.17, 15) is 5.26 Å². The first kappa shape index (κ1) is 58.5. The van der Waals surface area contributed by atoms with Gasteiger partial charge in [0, 0.05) is 60.1 Å². The second-order valence-corrected chi connectivity index (χ2v) is 25.7. The van der Waals surface area contributed by atoms with Crippen molar-refractivity contribution in [3.63, 3.8) is 0 Å². The van der Waals surface area contributed by atoms with Crippen LogP contribution in [0.1, 0.15) is 5.56 Å². The van der Waals surface area contributed by atoms with Crippen molar-refractivity contribution in [1.29, 1.82) is 5.26 Å². The van der Waals surface area contributed by atoms with E-state index in [1.807, 2.05) is 60.7 Å². The Labute approximate surface area is 583 Å². The molecule has 15 aromatic carbocycles. The summed E-state index contributed by atoms with van der Waals surface area (Å²) in [5.41, 5.74) is 23.7. The summed E-state index contributed by atoms with van der Waals surface area (Å²) < 4.78 is 7.34. The molecule has 0 spiro atoms. The summed E-state index contributed by atoms with van der Waals surface area (Å²) in [5, 5.41) is 19.7. The Kier molecular flexibility index (Phi) is 14.1. The van der Waals surface area contributed by atoms with Crippen molar-refractivity contribution in [3.8, 4) is 124 Å². The number of nitriles is 1. The van der Waals surface area contributed by atoms with Crippen LogP contribution in [0.3, 0.4) is 0 Å². The third-order valence-electron chi connectivity index (χ3n) is 19.9. The van der Waals surface area contributed by atoms with Crippen molar-refractivity contribution in [3.05, 3.63) is 363 Å². The number of fused-ring (bicyclic) bond motifs is 9. The fourth-order valence-corrected chi connectivity index (χ4v) is 15.3. The van der Waals surface area contributed by atoms with E-state index in [-0.39, 0.29) is 0 Å². The predicted molar refractivity (Wildman–Crippen MR) is 416 cm³/mol. The van der Waals surface area contributed by atoms with Crippen LogP contribution in [0.15, 0.2) is 358 Å². The normalized spacial score (nSPS) is 11.6. The van der Waals surface area contributed by atoms with Gasteiger partial charge in [-0.05, 0) is 116 Å². The molecule has 4 aromatic heterocycles. The summed E-state index contributed by atoms with van der Waals surface area (Å²) in [6, 6.07) is 130. The molecule has 0 unspecified atom stereocenters. The first-order valence-electron chi connectivity index (χ1n) is 34.1. The zero-order valence-corrected chi connectivity index (χ0v) is 54.7. The molecule has 0 saturated carbocycles. The lowest BCUT2D eigenvalue weighted by Gasteiger charge is -2.29. The van der Waals surface area contributed by atoms with Gasteiger partial charge in [-0.2, -0.15) is 5.26 Å². The van der Waals surface area contributed by atoms with E-state index in [4.69, 9.17) is 15.0 Å². The molecule has 0 aliphatic heterocycles. The second kappa shape index (κ2) is 24.4. The molecular formula is C94H59N7. The molecule has 0 N–H and O–H groups in total. The molecule has 0 amide bonds. The predicted octanol–water partition coefficient (Wildman–Crippen LogP) is 24.0. The number of nitrogens with zero attached hydrogens (tertiary/aromatic N) is 7. The number of hydrogen-bond acceptors (Lipinski definition) is 4. The Morgan fingerprint density at radius 3 is 0.792 bits per heavy atom. The summed E-state index contributed by atoms with van der Waals surface area (Å²) in [6.45, 7) is 0. The van der Waals surface area contributed by atoms with Crippen LogP contribution in [0.5, 0.6) is 0 Å². The zero-order chi connectivity index (χ0) is 66.9. The fraction of sp³-hybridized carbons (Fsp3) is 0. The van der Waals surface area contributed by atoms with Crippen LogP contribution in [-0.2, 0) is 0 Å². The quantitative estimate of drug-likeness (QED) is 0.122. The Hall–Kier alpha value is -13.8. The maximum Gasteiger partial charge on any atom is 0.164 e. The standard InChI is InChI=1S/C94H59N7/c95-60-80-87(66-44-46-69(47-45-66)94-97-92(67-36-18-6-19-37-67)96-93(98-94)68-38-20-7-21-39-68)90(100-83-52-48-70(61-26-8-1-9-27-61)56-76(83)77-57-71(49-53-84(77)100)62-28-10-2-11-29-62)88(65-34-16-5-17-35-65)91(89(80)99-81-42-24-22-40-74(81)75-41-23-25-43-82(75)99)101-85-54-50-72(63-30-12-3-13-31-63)58-78(85)79-59-73(51-55-86(79)101)64-32-14-4-15-33-64/h1-59H. The van der Waals surface area contributed by atoms with Gasteiger partial charge in [0.2, 0.25) is 0 Å². The van der Waals surface area contributed by atoms with Crippen LogP contribution in [0.25, 0.3) is 183 Å². The summed E-state index contributed by atoms with van der Waals surface area (Å²) in [5.74, 6) is 1.67. The van der Waals surface area contributed by atoms with Crippen LogP contribution in [0.4, 0.5) is 0 Å². The number of rotatable bonds is 12. The zero-order valence-electron chi connectivity index (χ0n) is 54.7. The molecule has 19 aromatic rings. The highest BCUT2D eigenvalue weighted by molar-refractivity contribution is 6.18. The summed E-state index contributed by atoms with van der Waals surface area (Å²) in [6.07, 6.45) is 0. The SMILES string of the molecule is N#Cc1c(-c2ccc(-c3nc(-c4ccccc4)nc(-c4ccccc4)n3)cc2)c(-n2c3ccc(-c4ccccc4)cc3c3cc(-c4ccccc4)ccc32)c(-c2ccccc2)c(-n2c3ccc(-c4ccccc4)cc3c3cc(-c4ccccc4)ccc32)c1-n1c2ccccc2c2ccccc21. The first-order valence-corrected chi connectivity index (χ1v) is 34.1. The van der Waals surface area contributed by atoms with Gasteiger partial charge in [-0.25, -0.2) is 15.0 Å². The molecule has 0 fully saturated rings. The minimum atomic E-state index is 0.487. The van der Waals surface area contributed by atoms with Gasteiger partial charge in [0.05, 0.1) is 55.7 Å². The maximum atomic E-state index is 13.2. The van der Waals surface area contributed by atoms with Crippen LogP contribution in [0, 0.1) is 11.3 Å². The average Bonchev–Trinajstić information content (AvgIpc) is 1.62. The highest BCUT2D eigenvalue weighted by atomic mass is 15.1. The molecule has 7 heteroatoms. The van der Waals surface area contributed by atoms with Gasteiger partial charge in [-0.3, -0.25) is 0 Å². The third kappa shape index (κ3) is 9.92. The van der Waals surface area contributed by atoms with Gasteiger partial charge in [0.1, 0.15) is 6.07 Å². The minimum absolute atomic E-state index is 0.487. The monoisotopic (exact) mass is 1290 g/mol. The molecule has 0 atom stereocenters. The Morgan fingerprint density at radius 2 is 0.446 bits per heavy atom. The van der Waals surface area contributed by atoms with Gasteiger partial charge in [0.15, 0.2) is 17.5 Å². The lowest BCUT2D eigenvalue weighted by atomic mass is 9.87. The van der Waals surface area contributed by atoms with Gasteiger partial charge in [0.25, 0.3) is 0 Å². The third-order valence-corrected chi connectivity index (χ3v) is 19.9. The molecule has 4 heterocycles. The summed E-state index contributed by atoms with van der Waals surface area (Å²) in [7, 11) is 0. The van der Waals surface area contributed by atoms with Gasteiger partial charge >= 0.3 is 0 Å². The van der Waals surface area contributed by atoms with E-state index in [0.717, 1.165) is 166 Å². The van der Waals surface area contributed by atoms with Gasteiger partial charge in [-0.15, -0.1) is 0 Å². The molecule has 470 valence electrons. The molecule has 0 bridgehead atoms. The molecule has 101 heavy (non-hydrogen) atoms. The Morgan fingerprint density at radius 1 is 0.198 bits per heavy atom. The van der Waals surface area contributed by atoms with E-state index in [1.54, 1.807) is 0 Å². The highest BCUT2D eigenvalue weighted by Crippen LogP contribution is 2.53. The topological polar surface area (TPSA) is 77.2 Å². The fourth-order valence-electron chi connectivity index (χ4n) is 15.3. The molecule has 0 aliphatic carbocycles. The molecular weight excluding hydrogens is 1230 g/mol. The van der Waals surface area contributed by atoms with Crippen molar-refractivity contribution >= 4 is 65.4 Å².